The molecule has 0 spiro atoms. The average molecular weight is 365 g/mol. The van der Waals surface area contributed by atoms with Crippen molar-refractivity contribution in [2.24, 2.45) is 7.05 Å². The van der Waals surface area contributed by atoms with Crippen molar-refractivity contribution in [3.05, 3.63) is 58.9 Å². The fourth-order valence-corrected chi connectivity index (χ4v) is 4.71. The zero-order valence-electron chi connectivity index (χ0n) is 15.0. The Labute approximate surface area is 156 Å². The van der Waals surface area contributed by atoms with Crippen molar-refractivity contribution in [2.45, 2.75) is 50.8 Å². The molecule has 2 aromatic rings. The van der Waals surface area contributed by atoms with Gasteiger partial charge in [0.15, 0.2) is 0 Å². The van der Waals surface area contributed by atoms with Gasteiger partial charge in [0.2, 0.25) is 0 Å². The summed E-state index contributed by atoms with van der Waals surface area (Å²) in [6.45, 7) is 3.03. The zero-order valence-corrected chi connectivity index (χ0v) is 15.8. The number of aliphatic hydroxyl groups excluding tert-OH is 1. The minimum absolute atomic E-state index is 0. The summed E-state index contributed by atoms with van der Waals surface area (Å²) in [5.74, 6) is 0. The Morgan fingerprint density at radius 3 is 2.52 bits per heavy atom. The van der Waals surface area contributed by atoms with Gasteiger partial charge in [0.05, 0.1) is 6.10 Å². The first kappa shape index (κ1) is 20.0. The SMILES string of the molecule is CC(O)Cc1cn(C)c2c1C1CCC(c3ccccc3)N1CC2.Cl.O. The molecular formula is C20H29ClN2O2. The smallest absolute Gasteiger partial charge is 0.0553 e. The van der Waals surface area contributed by atoms with E-state index in [-0.39, 0.29) is 24.0 Å². The second kappa shape index (κ2) is 7.92. The summed E-state index contributed by atoms with van der Waals surface area (Å²) >= 11 is 0. The van der Waals surface area contributed by atoms with Gasteiger partial charge in [0.25, 0.3) is 0 Å². The van der Waals surface area contributed by atoms with Gasteiger partial charge >= 0.3 is 0 Å². The van der Waals surface area contributed by atoms with Gasteiger partial charge in [-0.25, -0.2) is 0 Å². The van der Waals surface area contributed by atoms with E-state index in [2.05, 4.69) is 53.0 Å². The molecule has 0 radical (unpaired) electrons. The average Bonchev–Trinajstić information content (AvgIpc) is 3.09. The summed E-state index contributed by atoms with van der Waals surface area (Å²) in [5.41, 5.74) is 5.79. The van der Waals surface area contributed by atoms with Gasteiger partial charge in [-0.1, -0.05) is 30.3 Å². The van der Waals surface area contributed by atoms with Crippen molar-refractivity contribution >= 4 is 12.4 Å². The van der Waals surface area contributed by atoms with Crippen LogP contribution in [0.4, 0.5) is 0 Å². The zero-order chi connectivity index (χ0) is 16.0. The lowest BCUT2D eigenvalue weighted by Gasteiger charge is -2.35. The van der Waals surface area contributed by atoms with E-state index < -0.39 is 0 Å². The molecule has 25 heavy (non-hydrogen) atoms. The first-order valence-electron chi connectivity index (χ1n) is 8.81. The molecule has 5 heteroatoms. The molecule has 4 nitrogen and oxygen atoms in total. The predicted molar refractivity (Wildman–Crippen MR) is 103 cm³/mol. The van der Waals surface area contributed by atoms with Gasteiger partial charge in [-0.3, -0.25) is 4.90 Å². The Balaban J connectivity index is 0.00000113. The van der Waals surface area contributed by atoms with E-state index >= 15 is 0 Å². The first-order chi connectivity index (χ1) is 11.1. The van der Waals surface area contributed by atoms with E-state index in [1.54, 1.807) is 0 Å². The van der Waals surface area contributed by atoms with E-state index in [9.17, 15) is 5.11 Å². The van der Waals surface area contributed by atoms with Gasteiger partial charge in [-0.2, -0.15) is 0 Å². The van der Waals surface area contributed by atoms with Crippen LogP contribution in [0.3, 0.4) is 0 Å². The summed E-state index contributed by atoms with van der Waals surface area (Å²) in [4.78, 5) is 2.70. The van der Waals surface area contributed by atoms with Crippen molar-refractivity contribution in [1.29, 1.82) is 0 Å². The second-order valence-electron chi connectivity index (χ2n) is 7.19. The van der Waals surface area contributed by atoms with Crippen molar-refractivity contribution in [3.8, 4) is 0 Å². The molecule has 0 saturated carbocycles. The highest BCUT2D eigenvalue weighted by atomic mass is 35.5. The molecule has 3 unspecified atom stereocenters. The van der Waals surface area contributed by atoms with Gasteiger partial charge in [-0.15, -0.1) is 12.4 Å². The van der Waals surface area contributed by atoms with E-state index in [0.717, 1.165) is 19.4 Å². The highest BCUT2D eigenvalue weighted by Gasteiger charge is 2.40. The molecule has 2 aliphatic heterocycles. The quantitative estimate of drug-likeness (QED) is 0.910. The molecule has 1 aromatic heterocycles. The monoisotopic (exact) mass is 364 g/mol. The summed E-state index contributed by atoms with van der Waals surface area (Å²) in [5, 5.41) is 9.86. The Kier molecular flexibility index (Phi) is 6.33. The Morgan fingerprint density at radius 1 is 1.16 bits per heavy atom. The van der Waals surface area contributed by atoms with Crippen LogP contribution in [0.1, 0.15) is 54.2 Å². The van der Waals surface area contributed by atoms with Crippen LogP contribution in [0, 0.1) is 0 Å². The number of aryl methyl sites for hydroxylation is 1. The van der Waals surface area contributed by atoms with Crippen LogP contribution in [0.2, 0.25) is 0 Å². The van der Waals surface area contributed by atoms with Crippen LogP contribution in [0.5, 0.6) is 0 Å². The number of hydrogen-bond donors (Lipinski definition) is 1. The lowest BCUT2D eigenvalue weighted by Crippen LogP contribution is -2.33. The van der Waals surface area contributed by atoms with E-state index in [1.807, 2.05) is 6.92 Å². The van der Waals surface area contributed by atoms with Crippen molar-refractivity contribution < 1.29 is 10.6 Å². The Hall–Kier alpha value is -1.33. The molecule has 0 amide bonds. The number of hydrogen-bond acceptors (Lipinski definition) is 2. The lowest BCUT2D eigenvalue weighted by atomic mass is 9.93. The maximum absolute atomic E-state index is 9.86. The molecule has 0 bridgehead atoms. The predicted octanol–water partition coefficient (Wildman–Crippen LogP) is 2.98. The molecule has 0 aliphatic carbocycles. The van der Waals surface area contributed by atoms with Crippen molar-refractivity contribution in [1.82, 2.24) is 9.47 Å². The van der Waals surface area contributed by atoms with Crippen LogP contribution < -0.4 is 0 Å². The Morgan fingerprint density at radius 2 is 1.84 bits per heavy atom. The maximum atomic E-state index is 9.86. The molecular weight excluding hydrogens is 336 g/mol. The maximum Gasteiger partial charge on any atom is 0.0553 e. The largest absolute Gasteiger partial charge is 0.412 e. The molecule has 1 saturated heterocycles. The molecule has 1 fully saturated rings. The van der Waals surface area contributed by atoms with Crippen LogP contribution >= 0.6 is 12.4 Å². The number of halogens is 1. The minimum atomic E-state index is -0.275. The molecule has 3 heterocycles. The van der Waals surface area contributed by atoms with Crippen LogP contribution in [0.25, 0.3) is 0 Å². The van der Waals surface area contributed by atoms with Gasteiger partial charge in [0, 0.05) is 44.0 Å². The molecule has 2 aliphatic rings. The number of aromatic nitrogens is 1. The van der Waals surface area contributed by atoms with Gasteiger partial charge < -0.3 is 15.1 Å². The highest BCUT2D eigenvalue weighted by molar-refractivity contribution is 5.85. The number of aliphatic hydroxyl groups is 1. The standard InChI is InChI=1S/C20H26N2O.ClH.H2O/c1-14(23)12-16-13-21(2)18-10-11-22-17(8-9-19(22)20(16)18)15-6-4-3-5-7-15;;/h3-7,13-14,17,19,23H,8-12H2,1-2H3;1H;1H2. The third-order valence-electron chi connectivity index (χ3n) is 5.59. The van der Waals surface area contributed by atoms with Crippen LogP contribution in [-0.4, -0.2) is 32.7 Å². The second-order valence-corrected chi connectivity index (χ2v) is 7.19. The fraction of sp³-hybridized carbons (Fsp3) is 0.500. The third kappa shape index (κ3) is 3.49. The fourth-order valence-electron chi connectivity index (χ4n) is 4.71. The molecule has 3 atom stereocenters. The highest BCUT2D eigenvalue weighted by Crippen LogP contribution is 2.48. The van der Waals surface area contributed by atoms with Crippen LogP contribution in [-0.2, 0) is 19.9 Å². The lowest BCUT2D eigenvalue weighted by molar-refractivity contribution is 0.177. The summed E-state index contributed by atoms with van der Waals surface area (Å²) < 4.78 is 2.29. The normalized spacial score (nSPS) is 23.2. The third-order valence-corrected chi connectivity index (χ3v) is 5.59. The summed E-state index contributed by atoms with van der Waals surface area (Å²) in [7, 11) is 2.16. The number of nitrogens with zero attached hydrogens (tertiary/aromatic N) is 2. The van der Waals surface area contributed by atoms with Gasteiger partial charge in [-0.05, 0) is 42.9 Å². The number of fused-ring (bicyclic) bond motifs is 3. The molecule has 1 aromatic carbocycles. The first-order valence-corrected chi connectivity index (χ1v) is 8.81. The van der Waals surface area contributed by atoms with Crippen molar-refractivity contribution in [2.75, 3.05) is 6.54 Å². The summed E-state index contributed by atoms with van der Waals surface area (Å²) in [6, 6.07) is 12.0. The summed E-state index contributed by atoms with van der Waals surface area (Å²) in [6.07, 6.45) is 6.31. The van der Waals surface area contributed by atoms with E-state index in [4.69, 9.17) is 0 Å². The number of rotatable bonds is 3. The van der Waals surface area contributed by atoms with E-state index in [0.29, 0.717) is 12.1 Å². The topological polar surface area (TPSA) is 59.9 Å². The molecule has 138 valence electrons. The van der Waals surface area contributed by atoms with E-state index in [1.165, 1.54) is 35.2 Å². The van der Waals surface area contributed by atoms with Gasteiger partial charge in [0.1, 0.15) is 0 Å². The van der Waals surface area contributed by atoms with Crippen molar-refractivity contribution in [3.63, 3.8) is 0 Å². The minimum Gasteiger partial charge on any atom is -0.412 e. The number of benzene rings is 1. The van der Waals surface area contributed by atoms with Crippen LogP contribution in [0.15, 0.2) is 36.5 Å². The molecule has 3 N–H and O–H groups in total. The molecule has 4 rings (SSSR count). The Bertz CT molecular complexity index is 699.